The first-order valence-corrected chi connectivity index (χ1v) is 13.8. The molecule has 0 bridgehead atoms. The van der Waals surface area contributed by atoms with Crippen LogP contribution in [-0.4, -0.2) is 35.4 Å². The number of hydrogen-bond acceptors (Lipinski definition) is 3. The van der Waals surface area contributed by atoms with Crippen LogP contribution in [-0.2, 0) is 22.6 Å². The molecule has 1 saturated carbocycles. The first-order valence-electron chi connectivity index (χ1n) is 12.7. The molecule has 4 rings (SSSR count). The van der Waals surface area contributed by atoms with E-state index in [1.165, 1.54) is 0 Å². The summed E-state index contributed by atoms with van der Waals surface area (Å²) in [6, 6.07) is 22.4. The predicted molar refractivity (Wildman–Crippen MR) is 151 cm³/mol. The second-order valence-corrected chi connectivity index (χ2v) is 10.9. The summed E-state index contributed by atoms with van der Waals surface area (Å²) in [5, 5.41) is 3.86. The van der Waals surface area contributed by atoms with Gasteiger partial charge in [-0.2, -0.15) is 0 Å². The summed E-state index contributed by atoms with van der Waals surface area (Å²) in [6.45, 7) is 2.00. The third kappa shape index (κ3) is 7.83. The fourth-order valence-corrected chi connectivity index (χ4v) is 5.02. The summed E-state index contributed by atoms with van der Waals surface area (Å²) in [5.74, 6) is 0.190. The molecule has 1 atom stereocenters. The van der Waals surface area contributed by atoms with Crippen molar-refractivity contribution in [3.05, 3.63) is 99.0 Å². The molecule has 1 unspecified atom stereocenters. The Morgan fingerprint density at radius 3 is 2.41 bits per heavy atom. The standard InChI is InChI=1S/C30H32BrClN2O3/c1-21-17-26(15-16-27(21)32)37-20-29(35)34(19-23-11-13-24(31)14-12-23)28(18-22-7-3-2-4-8-22)30(36)33-25-9-5-6-10-25/h2-4,7-8,11-17,25,28H,5-6,9-10,18-20H2,1H3,(H,33,36). The minimum atomic E-state index is -0.672. The summed E-state index contributed by atoms with van der Waals surface area (Å²) in [7, 11) is 0. The first-order chi connectivity index (χ1) is 17.9. The van der Waals surface area contributed by atoms with Gasteiger partial charge in [-0.1, -0.05) is 82.8 Å². The molecule has 1 aliphatic carbocycles. The van der Waals surface area contributed by atoms with Crippen LogP contribution in [0.4, 0.5) is 0 Å². The van der Waals surface area contributed by atoms with Gasteiger partial charge in [0, 0.05) is 28.5 Å². The van der Waals surface area contributed by atoms with Crippen molar-refractivity contribution in [3.63, 3.8) is 0 Å². The molecular weight excluding hydrogens is 552 g/mol. The Bertz CT molecular complexity index is 1200. The van der Waals surface area contributed by atoms with Crippen LogP contribution in [0.2, 0.25) is 5.02 Å². The molecule has 0 aromatic heterocycles. The van der Waals surface area contributed by atoms with Gasteiger partial charge in [0.1, 0.15) is 11.8 Å². The SMILES string of the molecule is Cc1cc(OCC(=O)N(Cc2ccc(Br)cc2)C(Cc2ccccc2)C(=O)NC2CCCC2)ccc1Cl. The first kappa shape index (κ1) is 27.2. The molecule has 0 saturated heterocycles. The number of nitrogens with zero attached hydrogens (tertiary/aromatic N) is 1. The van der Waals surface area contributed by atoms with Gasteiger partial charge in [-0.05, 0) is 66.8 Å². The van der Waals surface area contributed by atoms with E-state index in [4.69, 9.17) is 16.3 Å². The van der Waals surface area contributed by atoms with Crippen LogP contribution in [0.25, 0.3) is 0 Å². The molecule has 3 aromatic carbocycles. The Labute approximate surface area is 232 Å². The van der Waals surface area contributed by atoms with Gasteiger partial charge in [0.25, 0.3) is 5.91 Å². The topological polar surface area (TPSA) is 58.6 Å². The molecule has 7 heteroatoms. The second-order valence-electron chi connectivity index (χ2n) is 9.54. The highest BCUT2D eigenvalue weighted by atomic mass is 79.9. The van der Waals surface area contributed by atoms with Crippen molar-refractivity contribution in [3.8, 4) is 5.75 Å². The highest BCUT2D eigenvalue weighted by molar-refractivity contribution is 9.10. The molecule has 1 fully saturated rings. The maximum Gasteiger partial charge on any atom is 0.261 e. The fourth-order valence-electron chi connectivity index (χ4n) is 4.64. The highest BCUT2D eigenvalue weighted by Crippen LogP contribution is 2.23. The van der Waals surface area contributed by atoms with Gasteiger partial charge in [0.05, 0.1) is 0 Å². The number of rotatable bonds is 10. The molecule has 3 aromatic rings. The third-order valence-electron chi connectivity index (χ3n) is 6.73. The van der Waals surface area contributed by atoms with Crippen molar-refractivity contribution in [2.75, 3.05) is 6.61 Å². The van der Waals surface area contributed by atoms with E-state index >= 15 is 0 Å². The van der Waals surface area contributed by atoms with Gasteiger partial charge in [-0.25, -0.2) is 0 Å². The molecule has 5 nitrogen and oxygen atoms in total. The van der Waals surface area contributed by atoms with Crippen LogP contribution in [0.15, 0.2) is 77.3 Å². The molecule has 0 spiro atoms. The number of ether oxygens (including phenoxy) is 1. The van der Waals surface area contributed by atoms with Crippen molar-refractivity contribution < 1.29 is 14.3 Å². The molecule has 194 valence electrons. The van der Waals surface area contributed by atoms with Crippen LogP contribution in [0.3, 0.4) is 0 Å². The number of amides is 2. The van der Waals surface area contributed by atoms with Gasteiger partial charge >= 0.3 is 0 Å². The Kier molecular flexibility index (Phi) is 9.64. The number of carbonyl (C=O) groups is 2. The number of aryl methyl sites for hydroxylation is 1. The van der Waals surface area contributed by atoms with Gasteiger partial charge < -0.3 is 15.0 Å². The number of halogens is 2. The van der Waals surface area contributed by atoms with E-state index in [0.29, 0.717) is 23.7 Å². The number of nitrogens with one attached hydrogen (secondary N) is 1. The van der Waals surface area contributed by atoms with E-state index in [1.807, 2.05) is 67.6 Å². The van der Waals surface area contributed by atoms with E-state index in [1.54, 1.807) is 17.0 Å². The average Bonchev–Trinajstić information content (AvgIpc) is 3.41. The lowest BCUT2D eigenvalue weighted by Crippen LogP contribution is -2.53. The summed E-state index contributed by atoms with van der Waals surface area (Å²) in [5.41, 5.74) is 2.80. The van der Waals surface area contributed by atoms with E-state index in [9.17, 15) is 9.59 Å². The lowest BCUT2D eigenvalue weighted by Gasteiger charge is -2.32. The maximum absolute atomic E-state index is 13.7. The predicted octanol–water partition coefficient (Wildman–Crippen LogP) is 6.49. The van der Waals surface area contributed by atoms with E-state index in [0.717, 1.165) is 46.8 Å². The quantitative estimate of drug-likeness (QED) is 0.297. The lowest BCUT2D eigenvalue weighted by atomic mass is 10.0. The van der Waals surface area contributed by atoms with Crippen molar-refractivity contribution in [2.45, 2.75) is 57.7 Å². The zero-order valence-electron chi connectivity index (χ0n) is 21.0. The van der Waals surface area contributed by atoms with Crippen LogP contribution >= 0.6 is 27.5 Å². The van der Waals surface area contributed by atoms with Crippen LogP contribution in [0.5, 0.6) is 5.75 Å². The van der Waals surface area contributed by atoms with Gasteiger partial charge in [0.15, 0.2) is 6.61 Å². The highest BCUT2D eigenvalue weighted by Gasteiger charge is 2.32. The van der Waals surface area contributed by atoms with E-state index < -0.39 is 6.04 Å². The molecule has 1 aliphatic rings. The van der Waals surface area contributed by atoms with Crippen molar-refractivity contribution in [1.82, 2.24) is 10.2 Å². The zero-order valence-corrected chi connectivity index (χ0v) is 23.3. The summed E-state index contributed by atoms with van der Waals surface area (Å²) >= 11 is 9.61. The monoisotopic (exact) mass is 582 g/mol. The van der Waals surface area contributed by atoms with Gasteiger partial charge in [-0.3, -0.25) is 9.59 Å². The third-order valence-corrected chi connectivity index (χ3v) is 7.68. The summed E-state index contributed by atoms with van der Waals surface area (Å²) in [6.07, 6.45) is 4.60. The summed E-state index contributed by atoms with van der Waals surface area (Å²) < 4.78 is 6.82. The molecule has 37 heavy (non-hydrogen) atoms. The number of hydrogen-bond donors (Lipinski definition) is 1. The Morgan fingerprint density at radius 1 is 1.03 bits per heavy atom. The smallest absolute Gasteiger partial charge is 0.261 e. The second kappa shape index (κ2) is 13.1. The van der Waals surface area contributed by atoms with E-state index in [-0.39, 0.29) is 24.5 Å². The van der Waals surface area contributed by atoms with Crippen LogP contribution in [0.1, 0.15) is 42.4 Å². The Hall–Kier alpha value is -2.83. The molecular formula is C30H32BrClN2O3. The Balaban J connectivity index is 1.60. The lowest BCUT2D eigenvalue weighted by molar-refractivity contribution is -0.143. The number of benzene rings is 3. The number of carbonyl (C=O) groups excluding carboxylic acids is 2. The summed E-state index contributed by atoms with van der Waals surface area (Å²) in [4.78, 5) is 29.0. The van der Waals surface area contributed by atoms with Crippen molar-refractivity contribution in [2.24, 2.45) is 0 Å². The zero-order chi connectivity index (χ0) is 26.2. The van der Waals surface area contributed by atoms with Crippen LogP contribution in [0, 0.1) is 6.92 Å². The minimum Gasteiger partial charge on any atom is -0.484 e. The van der Waals surface area contributed by atoms with Crippen molar-refractivity contribution in [1.29, 1.82) is 0 Å². The van der Waals surface area contributed by atoms with Crippen LogP contribution < -0.4 is 10.1 Å². The maximum atomic E-state index is 13.7. The molecule has 1 N–H and O–H groups in total. The largest absolute Gasteiger partial charge is 0.484 e. The van der Waals surface area contributed by atoms with Crippen molar-refractivity contribution >= 4 is 39.3 Å². The van der Waals surface area contributed by atoms with E-state index in [2.05, 4.69) is 21.2 Å². The molecule has 2 amide bonds. The van der Waals surface area contributed by atoms with Gasteiger partial charge in [0.2, 0.25) is 5.91 Å². The average molecular weight is 584 g/mol. The normalized spacial score (nSPS) is 14.2. The minimum absolute atomic E-state index is 0.122. The molecule has 0 heterocycles. The van der Waals surface area contributed by atoms with Gasteiger partial charge in [-0.15, -0.1) is 0 Å². The fraction of sp³-hybridized carbons (Fsp3) is 0.333. The molecule has 0 aliphatic heterocycles. The molecule has 0 radical (unpaired) electrons. The Morgan fingerprint density at radius 2 is 1.73 bits per heavy atom.